The second-order valence-electron chi connectivity index (χ2n) is 5.61. The largest absolute Gasteiger partial charge is 0.368 e. The van der Waals surface area contributed by atoms with Gasteiger partial charge in [0.15, 0.2) is 0 Å². The molecule has 0 radical (unpaired) electrons. The number of aryl methyl sites for hydroxylation is 2. The van der Waals surface area contributed by atoms with Gasteiger partial charge in [-0.25, -0.2) is 17.8 Å². The molecule has 9 heteroatoms. The van der Waals surface area contributed by atoms with Crippen molar-refractivity contribution in [3.63, 3.8) is 0 Å². The van der Waals surface area contributed by atoms with Crippen LogP contribution >= 0.6 is 22.9 Å². The van der Waals surface area contributed by atoms with Gasteiger partial charge in [-0.15, -0.1) is 11.3 Å². The van der Waals surface area contributed by atoms with Crippen molar-refractivity contribution in [3.8, 4) is 0 Å². The first kappa shape index (κ1) is 17.6. The molecule has 24 heavy (non-hydrogen) atoms. The van der Waals surface area contributed by atoms with Gasteiger partial charge in [0.2, 0.25) is 4.34 Å². The first-order valence-electron chi connectivity index (χ1n) is 7.43. The van der Waals surface area contributed by atoms with Crippen LogP contribution in [0.4, 0.5) is 10.1 Å². The smallest absolute Gasteiger partial charge is 0.270 e. The predicted molar refractivity (Wildman–Crippen MR) is 94.0 cm³/mol. The fourth-order valence-electron chi connectivity index (χ4n) is 2.57. The van der Waals surface area contributed by atoms with Crippen molar-refractivity contribution < 1.29 is 12.8 Å². The van der Waals surface area contributed by atoms with Gasteiger partial charge in [0.25, 0.3) is 10.0 Å². The van der Waals surface area contributed by atoms with Crippen molar-refractivity contribution in [3.05, 3.63) is 39.6 Å². The maximum absolute atomic E-state index is 13.2. The summed E-state index contributed by atoms with van der Waals surface area (Å²) in [5, 5.41) is 0.331. The van der Waals surface area contributed by atoms with Gasteiger partial charge in [-0.2, -0.15) is 4.31 Å². The lowest BCUT2D eigenvalue weighted by Crippen LogP contribution is -2.48. The highest BCUT2D eigenvalue weighted by molar-refractivity contribution is 7.91. The van der Waals surface area contributed by atoms with Crippen LogP contribution < -0.4 is 4.90 Å². The van der Waals surface area contributed by atoms with Crippen LogP contribution in [0, 0.1) is 19.7 Å². The molecule has 3 rings (SSSR count). The predicted octanol–water partition coefficient (Wildman–Crippen LogP) is 3.06. The van der Waals surface area contributed by atoms with E-state index in [2.05, 4.69) is 4.98 Å². The number of halogens is 2. The average molecular weight is 390 g/mol. The SMILES string of the molecule is Cc1nc(S(=O)(=O)N2CCN(c3ccc(F)cc3Cl)CC2)sc1C. The quantitative estimate of drug-likeness (QED) is 0.809. The minimum Gasteiger partial charge on any atom is -0.368 e. The summed E-state index contributed by atoms with van der Waals surface area (Å²) >= 11 is 7.28. The number of anilines is 1. The monoisotopic (exact) mass is 389 g/mol. The van der Waals surface area contributed by atoms with E-state index in [1.165, 1.54) is 27.8 Å². The van der Waals surface area contributed by atoms with Gasteiger partial charge in [-0.1, -0.05) is 11.6 Å². The first-order valence-corrected chi connectivity index (χ1v) is 10.1. The minimum absolute atomic E-state index is 0.144. The highest BCUT2D eigenvalue weighted by Gasteiger charge is 2.31. The van der Waals surface area contributed by atoms with E-state index >= 15 is 0 Å². The molecule has 1 aliphatic heterocycles. The summed E-state index contributed by atoms with van der Waals surface area (Å²) in [4.78, 5) is 7.04. The molecule has 0 amide bonds. The topological polar surface area (TPSA) is 53.5 Å². The molecular weight excluding hydrogens is 373 g/mol. The average Bonchev–Trinajstić information content (AvgIpc) is 2.88. The molecule has 0 aliphatic carbocycles. The Morgan fingerprint density at radius 3 is 2.42 bits per heavy atom. The Morgan fingerprint density at radius 2 is 1.88 bits per heavy atom. The lowest BCUT2D eigenvalue weighted by atomic mass is 10.2. The fraction of sp³-hybridized carbons (Fsp3) is 0.400. The summed E-state index contributed by atoms with van der Waals surface area (Å²) in [5.41, 5.74) is 1.46. The summed E-state index contributed by atoms with van der Waals surface area (Å²) in [6.07, 6.45) is 0. The fourth-order valence-corrected chi connectivity index (χ4v) is 5.73. The summed E-state index contributed by atoms with van der Waals surface area (Å²) in [6, 6.07) is 4.24. The minimum atomic E-state index is -3.57. The Bertz CT molecular complexity index is 842. The Labute approximate surface area is 149 Å². The molecule has 0 atom stereocenters. The number of hydrogen-bond donors (Lipinski definition) is 0. The molecule has 1 aromatic heterocycles. The van der Waals surface area contributed by atoms with Crippen molar-refractivity contribution in [1.82, 2.24) is 9.29 Å². The molecule has 2 heterocycles. The van der Waals surface area contributed by atoms with Gasteiger partial charge in [0, 0.05) is 31.1 Å². The second kappa shape index (κ2) is 6.59. The van der Waals surface area contributed by atoms with Crippen LogP contribution in [0.25, 0.3) is 0 Å². The van der Waals surface area contributed by atoms with E-state index in [0.717, 1.165) is 16.3 Å². The molecule has 0 saturated carbocycles. The number of benzene rings is 1. The number of hydrogen-bond acceptors (Lipinski definition) is 5. The Balaban J connectivity index is 1.75. The first-order chi connectivity index (χ1) is 11.3. The van der Waals surface area contributed by atoms with Crippen molar-refractivity contribution in [2.45, 2.75) is 18.2 Å². The van der Waals surface area contributed by atoms with Crippen LogP contribution in [-0.2, 0) is 10.0 Å². The maximum Gasteiger partial charge on any atom is 0.270 e. The summed E-state index contributed by atoms with van der Waals surface area (Å²) in [5.74, 6) is -0.389. The van der Waals surface area contributed by atoms with E-state index in [1.54, 1.807) is 13.0 Å². The van der Waals surface area contributed by atoms with E-state index in [9.17, 15) is 12.8 Å². The van der Waals surface area contributed by atoms with Gasteiger partial charge in [-0.05, 0) is 32.0 Å². The van der Waals surface area contributed by atoms with Crippen molar-refractivity contribution in [2.24, 2.45) is 0 Å². The van der Waals surface area contributed by atoms with Crippen LogP contribution in [0.5, 0.6) is 0 Å². The molecule has 1 saturated heterocycles. The number of sulfonamides is 1. The highest BCUT2D eigenvalue weighted by atomic mass is 35.5. The normalized spacial score (nSPS) is 16.6. The van der Waals surface area contributed by atoms with E-state index in [1.807, 2.05) is 11.8 Å². The standard InChI is InChI=1S/C15H17ClFN3O2S2/c1-10-11(2)23-15(18-10)24(21,22)20-7-5-19(6-8-20)14-4-3-12(17)9-13(14)16/h3-4,9H,5-8H2,1-2H3. The maximum atomic E-state index is 13.2. The van der Waals surface area contributed by atoms with Crippen LogP contribution in [0.1, 0.15) is 10.6 Å². The van der Waals surface area contributed by atoms with Crippen molar-refractivity contribution >= 4 is 38.6 Å². The Kier molecular flexibility index (Phi) is 4.83. The highest BCUT2D eigenvalue weighted by Crippen LogP contribution is 2.29. The second-order valence-corrected chi connectivity index (χ2v) is 9.33. The third kappa shape index (κ3) is 3.28. The van der Waals surface area contributed by atoms with E-state index in [4.69, 9.17) is 11.6 Å². The molecule has 0 unspecified atom stereocenters. The Morgan fingerprint density at radius 1 is 1.21 bits per heavy atom. The van der Waals surface area contributed by atoms with Crippen molar-refractivity contribution in [2.75, 3.05) is 31.1 Å². The third-order valence-electron chi connectivity index (χ3n) is 4.06. The zero-order chi connectivity index (χ0) is 17.5. The lowest BCUT2D eigenvalue weighted by Gasteiger charge is -2.35. The molecule has 1 aromatic carbocycles. The van der Waals surface area contributed by atoms with E-state index < -0.39 is 10.0 Å². The molecule has 2 aromatic rings. The van der Waals surface area contributed by atoms with E-state index in [-0.39, 0.29) is 10.2 Å². The molecule has 1 fully saturated rings. The van der Waals surface area contributed by atoms with E-state index in [0.29, 0.717) is 31.2 Å². The van der Waals surface area contributed by atoms with Crippen LogP contribution in [-0.4, -0.2) is 43.9 Å². The molecule has 0 N–H and O–H groups in total. The van der Waals surface area contributed by atoms with Gasteiger partial charge in [0.05, 0.1) is 16.4 Å². The van der Waals surface area contributed by atoms with Gasteiger partial charge in [0.1, 0.15) is 5.82 Å². The van der Waals surface area contributed by atoms with Gasteiger partial charge >= 0.3 is 0 Å². The van der Waals surface area contributed by atoms with Gasteiger partial charge in [-0.3, -0.25) is 0 Å². The third-order valence-corrected chi connectivity index (χ3v) is 7.69. The van der Waals surface area contributed by atoms with Crippen LogP contribution in [0.3, 0.4) is 0 Å². The number of aromatic nitrogens is 1. The Hall–Kier alpha value is -1.22. The molecule has 0 spiro atoms. The van der Waals surface area contributed by atoms with Crippen molar-refractivity contribution in [1.29, 1.82) is 0 Å². The zero-order valence-electron chi connectivity index (χ0n) is 13.3. The number of rotatable bonds is 3. The molecular formula is C15H17ClFN3O2S2. The number of nitrogens with zero attached hydrogens (tertiary/aromatic N) is 3. The lowest BCUT2D eigenvalue weighted by molar-refractivity contribution is 0.384. The summed E-state index contributed by atoms with van der Waals surface area (Å²) in [6.45, 7) is 5.34. The number of thiazole rings is 1. The summed E-state index contributed by atoms with van der Waals surface area (Å²) < 4.78 is 40.1. The molecule has 0 bridgehead atoms. The molecule has 1 aliphatic rings. The van der Waals surface area contributed by atoms with Crippen LogP contribution in [0.2, 0.25) is 5.02 Å². The number of piperazine rings is 1. The molecule has 5 nitrogen and oxygen atoms in total. The van der Waals surface area contributed by atoms with Crippen LogP contribution in [0.15, 0.2) is 22.5 Å². The molecule has 130 valence electrons. The zero-order valence-corrected chi connectivity index (χ0v) is 15.7. The van der Waals surface area contributed by atoms with Gasteiger partial charge < -0.3 is 4.90 Å². The summed E-state index contributed by atoms with van der Waals surface area (Å²) in [7, 11) is -3.57.